The lowest BCUT2D eigenvalue weighted by Crippen LogP contribution is -2.37. The number of ether oxygens (including phenoxy) is 1. The van der Waals surface area contributed by atoms with Gasteiger partial charge in [0.1, 0.15) is 11.6 Å². The second-order valence-electron chi connectivity index (χ2n) is 8.75. The number of thioether (sulfide) groups is 1. The molecule has 180 valence electrons. The van der Waals surface area contributed by atoms with Crippen molar-refractivity contribution >= 4 is 17.7 Å². The lowest BCUT2D eigenvalue weighted by atomic mass is 10.0. The third-order valence-corrected chi connectivity index (χ3v) is 7.23. The van der Waals surface area contributed by atoms with Gasteiger partial charge in [0, 0.05) is 12.1 Å². The molecule has 8 heteroatoms. The molecule has 1 saturated heterocycles. The molecule has 0 spiro atoms. The van der Waals surface area contributed by atoms with Crippen LogP contribution in [-0.4, -0.2) is 58.1 Å². The molecule has 1 amide bonds. The molecule has 1 atom stereocenters. The van der Waals surface area contributed by atoms with Gasteiger partial charge in [-0.1, -0.05) is 42.1 Å². The Kier molecular flexibility index (Phi) is 7.90. The van der Waals surface area contributed by atoms with Gasteiger partial charge in [-0.15, -0.1) is 10.2 Å². The van der Waals surface area contributed by atoms with Gasteiger partial charge in [0.15, 0.2) is 5.16 Å². The highest BCUT2D eigenvalue weighted by molar-refractivity contribution is 7.99. The fourth-order valence-electron chi connectivity index (χ4n) is 4.50. The first-order valence-electron chi connectivity index (χ1n) is 11.7. The Bertz CT molecular complexity index is 1140. The molecule has 4 rings (SSSR count). The van der Waals surface area contributed by atoms with Crippen molar-refractivity contribution in [2.24, 2.45) is 0 Å². The van der Waals surface area contributed by atoms with Gasteiger partial charge < -0.3 is 10.1 Å². The first-order chi connectivity index (χ1) is 16.5. The average Bonchev–Trinajstić information content (AvgIpc) is 3.50. The summed E-state index contributed by atoms with van der Waals surface area (Å²) in [6.07, 6.45) is 2.37. The van der Waals surface area contributed by atoms with Gasteiger partial charge >= 0.3 is 0 Å². The number of amides is 1. The Morgan fingerprint density at radius 1 is 1.12 bits per heavy atom. The van der Waals surface area contributed by atoms with Crippen molar-refractivity contribution in [2.45, 2.75) is 44.8 Å². The lowest BCUT2D eigenvalue weighted by Gasteiger charge is -2.29. The van der Waals surface area contributed by atoms with Crippen molar-refractivity contribution in [3.8, 4) is 11.4 Å². The average molecular weight is 480 g/mol. The van der Waals surface area contributed by atoms with Crippen LogP contribution in [0.1, 0.15) is 41.4 Å². The molecule has 1 N–H and O–H groups in total. The molecule has 0 bridgehead atoms. The number of likely N-dealkylation sites (tertiary alicyclic amines) is 1. The van der Waals surface area contributed by atoms with Crippen LogP contribution in [0.3, 0.4) is 0 Å². The summed E-state index contributed by atoms with van der Waals surface area (Å²) in [5, 5.41) is 12.5. The predicted molar refractivity (Wildman–Crippen MR) is 136 cm³/mol. The topological polar surface area (TPSA) is 72.3 Å². The normalized spacial score (nSPS) is 14.8. The Hall–Kier alpha value is -2.84. The maximum atomic E-state index is 12.9. The molecule has 1 unspecified atom stereocenters. The zero-order valence-electron chi connectivity index (χ0n) is 20.4. The molecule has 0 radical (unpaired) electrons. The zero-order valence-corrected chi connectivity index (χ0v) is 21.2. The highest BCUT2D eigenvalue weighted by Crippen LogP contribution is 2.31. The summed E-state index contributed by atoms with van der Waals surface area (Å²) >= 11 is 1.41. The number of hydrogen-bond donors (Lipinski definition) is 1. The summed E-state index contributed by atoms with van der Waals surface area (Å²) in [6, 6.07) is 14.5. The third kappa shape index (κ3) is 5.45. The zero-order chi connectivity index (χ0) is 24.1. The van der Waals surface area contributed by atoms with Crippen molar-refractivity contribution in [1.82, 2.24) is 25.0 Å². The minimum absolute atomic E-state index is 0.0164. The fourth-order valence-corrected chi connectivity index (χ4v) is 5.32. The number of aryl methyl sites for hydroxylation is 3. The van der Waals surface area contributed by atoms with Crippen LogP contribution in [-0.2, 0) is 4.79 Å². The van der Waals surface area contributed by atoms with Gasteiger partial charge in [-0.3, -0.25) is 14.3 Å². The number of benzene rings is 2. The first-order valence-corrected chi connectivity index (χ1v) is 12.7. The maximum Gasteiger partial charge on any atom is 0.230 e. The smallest absolute Gasteiger partial charge is 0.230 e. The number of methoxy groups -OCH3 is 1. The summed E-state index contributed by atoms with van der Waals surface area (Å²) in [4.78, 5) is 15.3. The van der Waals surface area contributed by atoms with Gasteiger partial charge in [-0.2, -0.15) is 0 Å². The van der Waals surface area contributed by atoms with E-state index in [0.717, 1.165) is 46.6 Å². The largest absolute Gasteiger partial charge is 0.496 e. The van der Waals surface area contributed by atoms with E-state index in [1.54, 1.807) is 7.11 Å². The summed E-state index contributed by atoms with van der Waals surface area (Å²) < 4.78 is 7.64. The molecule has 3 aromatic rings. The van der Waals surface area contributed by atoms with Gasteiger partial charge in [-0.05, 0) is 70.0 Å². The number of rotatable bonds is 9. The van der Waals surface area contributed by atoms with Crippen LogP contribution in [0.15, 0.2) is 47.6 Å². The highest BCUT2D eigenvalue weighted by Gasteiger charge is 2.26. The Balaban J connectivity index is 1.43. The van der Waals surface area contributed by atoms with Crippen LogP contribution in [0.4, 0.5) is 0 Å². The van der Waals surface area contributed by atoms with Crippen LogP contribution < -0.4 is 10.1 Å². The number of carbonyl (C=O) groups excluding carboxylic acids is 1. The minimum atomic E-state index is -0.0164. The lowest BCUT2D eigenvalue weighted by molar-refractivity contribution is -0.118. The van der Waals surface area contributed by atoms with Crippen LogP contribution in [0, 0.1) is 20.8 Å². The van der Waals surface area contributed by atoms with Gasteiger partial charge in [0.2, 0.25) is 5.91 Å². The molecule has 1 aromatic heterocycles. The summed E-state index contributed by atoms with van der Waals surface area (Å²) in [5.74, 6) is 1.93. The van der Waals surface area contributed by atoms with E-state index < -0.39 is 0 Å². The third-order valence-electron chi connectivity index (χ3n) is 6.30. The monoisotopic (exact) mass is 479 g/mol. The number of para-hydroxylation sites is 1. The van der Waals surface area contributed by atoms with E-state index in [9.17, 15) is 4.79 Å². The molecule has 7 nitrogen and oxygen atoms in total. The number of nitrogens with one attached hydrogen (secondary N) is 1. The van der Waals surface area contributed by atoms with Crippen molar-refractivity contribution < 1.29 is 9.53 Å². The second kappa shape index (κ2) is 11.1. The molecular formula is C26H33N5O2S. The summed E-state index contributed by atoms with van der Waals surface area (Å²) in [6.45, 7) is 8.69. The first kappa shape index (κ1) is 24.3. The standard InChI is InChI=1S/C26H33N5O2S/c1-18-11-12-19(2)22(15-18)31-20(3)28-29-26(31)34-17-25(32)27-16-23(30-13-7-8-14-30)21-9-5-6-10-24(21)33-4/h5-6,9-12,15,23H,7-8,13-14,16-17H2,1-4H3,(H,27,32). The Labute approximate surface area is 205 Å². The molecule has 1 fully saturated rings. The number of carbonyl (C=O) groups is 1. The molecule has 0 saturated carbocycles. The van der Waals surface area contributed by atoms with E-state index in [1.807, 2.05) is 29.7 Å². The van der Waals surface area contributed by atoms with Crippen molar-refractivity contribution in [3.63, 3.8) is 0 Å². The molecule has 1 aliphatic heterocycles. The molecule has 2 aromatic carbocycles. The van der Waals surface area contributed by atoms with Crippen LogP contribution in [0.2, 0.25) is 0 Å². The maximum absolute atomic E-state index is 12.9. The van der Waals surface area contributed by atoms with Crippen molar-refractivity contribution in [2.75, 3.05) is 32.5 Å². The Morgan fingerprint density at radius 2 is 1.88 bits per heavy atom. The van der Waals surface area contributed by atoms with Crippen LogP contribution >= 0.6 is 11.8 Å². The van der Waals surface area contributed by atoms with Gasteiger partial charge in [0.05, 0.1) is 24.6 Å². The minimum Gasteiger partial charge on any atom is -0.496 e. The second-order valence-corrected chi connectivity index (χ2v) is 9.69. The predicted octanol–water partition coefficient (Wildman–Crippen LogP) is 4.25. The van der Waals surface area contributed by atoms with Crippen LogP contribution in [0.5, 0.6) is 5.75 Å². The Morgan fingerprint density at radius 3 is 2.65 bits per heavy atom. The molecule has 34 heavy (non-hydrogen) atoms. The number of nitrogens with zero attached hydrogens (tertiary/aromatic N) is 4. The van der Waals surface area contributed by atoms with Gasteiger partial charge in [-0.25, -0.2) is 0 Å². The number of hydrogen-bond acceptors (Lipinski definition) is 6. The molecule has 1 aliphatic rings. The number of aromatic nitrogens is 3. The summed E-state index contributed by atoms with van der Waals surface area (Å²) in [7, 11) is 1.70. The van der Waals surface area contributed by atoms with Crippen molar-refractivity contribution in [1.29, 1.82) is 0 Å². The van der Waals surface area contributed by atoms with Crippen LogP contribution in [0.25, 0.3) is 5.69 Å². The molecule has 0 aliphatic carbocycles. The highest BCUT2D eigenvalue weighted by atomic mass is 32.2. The SMILES string of the molecule is COc1ccccc1C(CNC(=O)CSc1nnc(C)n1-c1cc(C)ccc1C)N1CCCC1. The quantitative estimate of drug-likeness (QED) is 0.463. The van der Waals surface area contributed by atoms with E-state index in [4.69, 9.17) is 4.74 Å². The molecular weight excluding hydrogens is 446 g/mol. The van der Waals surface area contributed by atoms with E-state index in [1.165, 1.54) is 30.2 Å². The van der Waals surface area contributed by atoms with E-state index >= 15 is 0 Å². The summed E-state index contributed by atoms with van der Waals surface area (Å²) in [5.41, 5.74) is 4.48. The van der Waals surface area contributed by atoms with E-state index in [2.05, 4.69) is 58.5 Å². The van der Waals surface area contributed by atoms with Gasteiger partial charge in [0.25, 0.3) is 0 Å². The van der Waals surface area contributed by atoms with Crippen molar-refractivity contribution in [3.05, 3.63) is 65.0 Å². The molecule has 2 heterocycles. The van der Waals surface area contributed by atoms with E-state index in [0.29, 0.717) is 6.54 Å². The fraction of sp³-hybridized carbons (Fsp3) is 0.423. The van der Waals surface area contributed by atoms with E-state index in [-0.39, 0.29) is 17.7 Å².